The lowest BCUT2D eigenvalue weighted by Gasteiger charge is -2.44. The zero-order chi connectivity index (χ0) is 12.8. The van der Waals surface area contributed by atoms with Crippen LogP contribution in [0, 0.1) is 5.92 Å². The van der Waals surface area contributed by atoms with E-state index in [9.17, 15) is 0 Å². The van der Waals surface area contributed by atoms with E-state index in [0.717, 1.165) is 21.0 Å². The third kappa shape index (κ3) is 2.28. The number of nitrogens with zero attached hydrogens (tertiary/aromatic N) is 2. The molecule has 0 aliphatic carbocycles. The molecule has 3 aliphatic rings. The van der Waals surface area contributed by atoms with Gasteiger partial charge in [0.15, 0.2) is 5.13 Å². The minimum absolute atomic E-state index is 0.589. The Bertz CT molecular complexity index is 604. The monoisotopic (exact) mass is 337 g/mol. The van der Waals surface area contributed by atoms with E-state index < -0.39 is 0 Å². The minimum Gasteiger partial charge on any atom is -0.357 e. The van der Waals surface area contributed by atoms with Crippen LogP contribution in [0.25, 0.3) is 10.2 Å². The van der Waals surface area contributed by atoms with Crippen molar-refractivity contribution in [2.24, 2.45) is 5.92 Å². The molecule has 0 amide bonds. The highest BCUT2D eigenvalue weighted by Crippen LogP contribution is 2.33. The highest BCUT2D eigenvalue weighted by molar-refractivity contribution is 9.10. The maximum atomic E-state index is 4.71. The summed E-state index contributed by atoms with van der Waals surface area (Å²) in [6.45, 7) is 3.76. The Morgan fingerprint density at radius 1 is 1.32 bits per heavy atom. The highest BCUT2D eigenvalue weighted by atomic mass is 79.9. The molecule has 1 aromatic heterocycles. The van der Waals surface area contributed by atoms with Crippen LogP contribution >= 0.6 is 27.3 Å². The van der Waals surface area contributed by atoms with Crippen molar-refractivity contribution in [3.63, 3.8) is 0 Å². The second-order valence-corrected chi connectivity index (χ2v) is 7.47. The van der Waals surface area contributed by atoms with Crippen molar-refractivity contribution in [1.82, 2.24) is 9.88 Å². The van der Waals surface area contributed by atoms with Crippen LogP contribution in [-0.2, 0) is 0 Å². The van der Waals surface area contributed by atoms with Crippen molar-refractivity contribution in [3.8, 4) is 0 Å². The Morgan fingerprint density at radius 3 is 2.89 bits per heavy atom. The maximum Gasteiger partial charge on any atom is 0.184 e. The molecule has 19 heavy (non-hydrogen) atoms. The van der Waals surface area contributed by atoms with Gasteiger partial charge in [0.2, 0.25) is 0 Å². The van der Waals surface area contributed by atoms with E-state index in [1.54, 1.807) is 11.3 Å². The average Bonchev–Trinajstić information content (AvgIpc) is 2.81. The maximum absolute atomic E-state index is 4.71. The lowest BCUT2D eigenvalue weighted by molar-refractivity contribution is 0.0975. The molecule has 2 aromatic rings. The average molecular weight is 338 g/mol. The number of halogens is 1. The molecular weight excluding hydrogens is 322 g/mol. The molecule has 4 heterocycles. The molecule has 3 saturated heterocycles. The predicted octanol–water partition coefficient (Wildman–Crippen LogP) is 3.56. The Morgan fingerprint density at radius 2 is 2.16 bits per heavy atom. The van der Waals surface area contributed by atoms with E-state index in [1.165, 1.54) is 37.2 Å². The normalized spacial score (nSPS) is 29.8. The van der Waals surface area contributed by atoms with Crippen LogP contribution in [0.3, 0.4) is 0 Å². The van der Waals surface area contributed by atoms with Crippen molar-refractivity contribution < 1.29 is 0 Å². The van der Waals surface area contributed by atoms with Crippen molar-refractivity contribution in [1.29, 1.82) is 0 Å². The largest absolute Gasteiger partial charge is 0.357 e. The number of thiazole rings is 1. The van der Waals surface area contributed by atoms with Gasteiger partial charge in [0.05, 0.1) is 10.2 Å². The van der Waals surface area contributed by atoms with Crippen molar-refractivity contribution in [2.75, 3.05) is 25.0 Å². The van der Waals surface area contributed by atoms with E-state index in [0.29, 0.717) is 6.04 Å². The first-order valence-corrected chi connectivity index (χ1v) is 8.44. The van der Waals surface area contributed by atoms with Gasteiger partial charge < -0.3 is 10.2 Å². The summed E-state index contributed by atoms with van der Waals surface area (Å²) in [6.07, 6.45) is 2.68. The highest BCUT2D eigenvalue weighted by Gasteiger charge is 2.34. The zero-order valence-corrected chi connectivity index (χ0v) is 13.0. The standard InChI is InChI=1S/C14H16BrN3S/c15-10-1-2-13-11(7-10)16-14(19-13)17-12-8-18-5-3-9(12)4-6-18/h1-2,7,9,12H,3-6,8H2,(H,16,17). The summed E-state index contributed by atoms with van der Waals surface area (Å²) in [5.74, 6) is 0.837. The van der Waals surface area contributed by atoms with Gasteiger partial charge in [-0.15, -0.1) is 0 Å². The van der Waals surface area contributed by atoms with Crippen LogP contribution in [0.15, 0.2) is 22.7 Å². The molecule has 1 N–H and O–H groups in total. The molecule has 1 unspecified atom stereocenters. The van der Waals surface area contributed by atoms with Crippen molar-refractivity contribution in [3.05, 3.63) is 22.7 Å². The molecule has 2 bridgehead atoms. The number of hydrogen-bond donors (Lipinski definition) is 1. The molecule has 0 radical (unpaired) electrons. The number of fused-ring (bicyclic) bond motifs is 4. The quantitative estimate of drug-likeness (QED) is 0.907. The topological polar surface area (TPSA) is 28.2 Å². The van der Waals surface area contributed by atoms with E-state index in [-0.39, 0.29) is 0 Å². The summed E-state index contributed by atoms with van der Waals surface area (Å²) >= 11 is 5.27. The summed E-state index contributed by atoms with van der Waals surface area (Å²) in [7, 11) is 0. The summed E-state index contributed by atoms with van der Waals surface area (Å²) < 4.78 is 2.35. The zero-order valence-electron chi connectivity index (χ0n) is 10.6. The molecule has 5 heteroatoms. The first kappa shape index (κ1) is 12.1. The Balaban J connectivity index is 1.58. The van der Waals surface area contributed by atoms with Crippen LogP contribution < -0.4 is 5.32 Å². The molecule has 3 nitrogen and oxygen atoms in total. The number of anilines is 1. The van der Waals surface area contributed by atoms with E-state index in [2.05, 4.69) is 44.3 Å². The fourth-order valence-electron chi connectivity index (χ4n) is 3.25. The first-order valence-electron chi connectivity index (χ1n) is 6.83. The first-order chi connectivity index (χ1) is 9.28. The van der Waals surface area contributed by atoms with Gasteiger partial charge in [0.25, 0.3) is 0 Å². The summed E-state index contributed by atoms with van der Waals surface area (Å²) in [6, 6.07) is 6.90. The van der Waals surface area contributed by atoms with Gasteiger partial charge in [0.1, 0.15) is 0 Å². The third-order valence-corrected chi connectivity index (χ3v) is 5.78. The molecule has 5 rings (SSSR count). The smallest absolute Gasteiger partial charge is 0.184 e. The molecule has 3 aliphatic heterocycles. The number of piperidine rings is 3. The molecule has 1 aromatic carbocycles. The second-order valence-electron chi connectivity index (χ2n) is 5.52. The van der Waals surface area contributed by atoms with Crippen molar-refractivity contribution in [2.45, 2.75) is 18.9 Å². The Hall–Kier alpha value is -0.650. The predicted molar refractivity (Wildman–Crippen MR) is 83.9 cm³/mol. The van der Waals surface area contributed by atoms with E-state index in [1.807, 2.05) is 0 Å². The van der Waals surface area contributed by atoms with Crippen LogP contribution in [0.5, 0.6) is 0 Å². The molecule has 3 fully saturated rings. The van der Waals surface area contributed by atoms with Crippen LogP contribution in [-0.4, -0.2) is 35.6 Å². The van der Waals surface area contributed by atoms with E-state index in [4.69, 9.17) is 4.98 Å². The lowest BCUT2D eigenvalue weighted by atomic mass is 9.84. The fourth-order valence-corrected chi connectivity index (χ4v) is 4.51. The van der Waals surface area contributed by atoms with Crippen LogP contribution in [0.2, 0.25) is 0 Å². The third-order valence-electron chi connectivity index (χ3n) is 4.31. The summed E-state index contributed by atoms with van der Waals surface area (Å²) in [5.41, 5.74) is 1.09. The van der Waals surface area contributed by atoms with Gasteiger partial charge >= 0.3 is 0 Å². The van der Waals surface area contributed by atoms with Gasteiger partial charge in [-0.3, -0.25) is 0 Å². The SMILES string of the molecule is Brc1ccc2sc(NC3CN4CCC3CC4)nc2c1. The van der Waals surface area contributed by atoms with Gasteiger partial charge in [-0.25, -0.2) is 4.98 Å². The lowest BCUT2D eigenvalue weighted by Crippen LogP contribution is -2.53. The Labute approximate surface area is 125 Å². The second kappa shape index (κ2) is 4.72. The number of hydrogen-bond acceptors (Lipinski definition) is 4. The van der Waals surface area contributed by atoms with Gasteiger partial charge in [0, 0.05) is 17.1 Å². The van der Waals surface area contributed by atoms with Crippen LogP contribution in [0.1, 0.15) is 12.8 Å². The molecule has 100 valence electrons. The van der Waals surface area contributed by atoms with Crippen LogP contribution in [0.4, 0.5) is 5.13 Å². The summed E-state index contributed by atoms with van der Waals surface area (Å²) in [5, 5.41) is 4.75. The minimum atomic E-state index is 0.589. The number of nitrogens with one attached hydrogen (secondary N) is 1. The van der Waals surface area contributed by atoms with Gasteiger partial charge in [-0.2, -0.15) is 0 Å². The fraction of sp³-hybridized carbons (Fsp3) is 0.500. The molecule has 0 saturated carbocycles. The number of rotatable bonds is 2. The molecule has 1 atom stereocenters. The van der Waals surface area contributed by atoms with Crippen molar-refractivity contribution >= 4 is 42.6 Å². The van der Waals surface area contributed by atoms with Gasteiger partial charge in [-0.05, 0) is 50.0 Å². The Kier molecular flexibility index (Phi) is 3.01. The number of aromatic nitrogens is 1. The molecular formula is C14H16BrN3S. The number of benzene rings is 1. The van der Waals surface area contributed by atoms with E-state index >= 15 is 0 Å². The summed E-state index contributed by atoms with van der Waals surface area (Å²) in [4.78, 5) is 7.28. The van der Waals surface area contributed by atoms with Gasteiger partial charge in [-0.1, -0.05) is 27.3 Å². The molecule has 0 spiro atoms.